The fraction of sp³-hybridized carbons (Fsp3) is 0.345. The highest BCUT2D eigenvalue weighted by atomic mass is 16.5. The minimum Gasteiger partial charge on any atom is -0.497 e. The smallest absolute Gasteiger partial charge is 0.407 e. The average Bonchev–Trinajstić information content (AvgIpc) is 2.93. The highest BCUT2D eigenvalue weighted by Crippen LogP contribution is 2.32. The van der Waals surface area contributed by atoms with E-state index in [1.807, 2.05) is 66.7 Å². The van der Waals surface area contributed by atoms with Crippen LogP contribution in [0.15, 0.2) is 66.7 Å². The van der Waals surface area contributed by atoms with Crippen LogP contribution in [0.2, 0.25) is 0 Å². The first-order valence-corrected chi connectivity index (χ1v) is 12.4. The fourth-order valence-electron chi connectivity index (χ4n) is 4.63. The van der Waals surface area contributed by atoms with Gasteiger partial charge in [-0.15, -0.1) is 0 Å². The Morgan fingerprint density at radius 1 is 0.806 bits per heavy atom. The maximum absolute atomic E-state index is 13.1. The molecule has 3 aromatic rings. The van der Waals surface area contributed by atoms with Crippen molar-refractivity contribution < 1.29 is 23.9 Å². The van der Waals surface area contributed by atoms with E-state index in [0.717, 1.165) is 22.1 Å². The monoisotopic (exact) mass is 488 g/mol. The molecule has 7 nitrogen and oxygen atoms in total. The topological polar surface area (TPSA) is 93.7 Å². The summed E-state index contributed by atoms with van der Waals surface area (Å²) in [4.78, 5) is 37.4. The largest absolute Gasteiger partial charge is 0.497 e. The van der Waals surface area contributed by atoms with Crippen molar-refractivity contribution in [2.24, 2.45) is 11.8 Å². The predicted molar refractivity (Wildman–Crippen MR) is 138 cm³/mol. The molecule has 3 aromatic carbocycles. The molecular weight excluding hydrogens is 456 g/mol. The quantitative estimate of drug-likeness (QED) is 0.331. The Hall–Kier alpha value is -3.87. The van der Waals surface area contributed by atoms with E-state index in [0.29, 0.717) is 44.3 Å². The minimum absolute atomic E-state index is 0.0278. The SMILES string of the molecule is COc1ccc2cc(C(=O)C3CCC(C(=O)NCCNC(=O)OCc4ccccc4)CC3)ccc2c1. The first-order valence-electron chi connectivity index (χ1n) is 12.4. The molecule has 0 aromatic heterocycles. The number of Topliss-reactive ketones (excluding diaryl/α,β-unsaturated/α-hetero) is 1. The van der Waals surface area contributed by atoms with Gasteiger partial charge in [0, 0.05) is 30.5 Å². The van der Waals surface area contributed by atoms with Crippen LogP contribution < -0.4 is 15.4 Å². The van der Waals surface area contributed by atoms with Crippen LogP contribution in [0.1, 0.15) is 41.6 Å². The minimum atomic E-state index is -0.514. The molecule has 2 amide bonds. The van der Waals surface area contributed by atoms with E-state index in [1.165, 1.54) is 0 Å². The summed E-state index contributed by atoms with van der Waals surface area (Å²) in [5.74, 6) is 0.732. The molecule has 1 aliphatic carbocycles. The van der Waals surface area contributed by atoms with Gasteiger partial charge in [-0.05, 0) is 60.2 Å². The molecule has 36 heavy (non-hydrogen) atoms. The van der Waals surface area contributed by atoms with Crippen LogP contribution in [-0.2, 0) is 16.1 Å². The zero-order valence-electron chi connectivity index (χ0n) is 20.5. The van der Waals surface area contributed by atoms with Crippen LogP contribution in [0.5, 0.6) is 5.75 Å². The molecule has 0 radical (unpaired) electrons. The third-order valence-electron chi connectivity index (χ3n) is 6.71. The van der Waals surface area contributed by atoms with Crippen molar-refractivity contribution in [3.05, 3.63) is 77.9 Å². The maximum Gasteiger partial charge on any atom is 0.407 e. The number of benzene rings is 3. The highest BCUT2D eigenvalue weighted by molar-refractivity contribution is 6.01. The Balaban J connectivity index is 1.16. The Labute approximate surface area is 211 Å². The summed E-state index contributed by atoms with van der Waals surface area (Å²) in [5, 5.41) is 7.56. The number of amides is 2. The van der Waals surface area contributed by atoms with Gasteiger partial charge >= 0.3 is 6.09 Å². The molecule has 0 bridgehead atoms. The number of ether oxygens (including phenoxy) is 2. The van der Waals surface area contributed by atoms with Crippen molar-refractivity contribution in [3.63, 3.8) is 0 Å². The van der Waals surface area contributed by atoms with Crippen LogP contribution >= 0.6 is 0 Å². The van der Waals surface area contributed by atoms with E-state index >= 15 is 0 Å². The van der Waals surface area contributed by atoms with E-state index in [1.54, 1.807) is 7.11 Å². The van der Waals surface area contributed by atoms with Crippen LogP contribution in [0.4, 0.5) is 4.79 Å². The third-order valence-corrected chi connectivity index (χ3v) is 6.71. The second kappa shape index (κ2) is 12.2. The number of alkyl carbamates (subject to hydrolysis) is 1. The molecule has 0 atom stereocenters. The van der Waals surface area contributed by atoms with Gasteiger partial charge < -0.3 is 20.1 Å². The van der Waals surface area contributed by atoms with Crippen molar-refractivity contribution in [3.8, 4) is 5.75 Å². The van der Waals surface area contributed by atoms with Gasteiger partial charge in [0.1, 0.15) is 12.4 Å². The van der Waals surface area contributed by atoms with Crippen molar-refractivity contribution in [1.82, 2.24) is 10.6 Å². The van der Waals surface area contributed by atoms with Gasteiger partial charge in [0.05, 0.1) is 7.11 Å². The number of fused-ring (bicyclic) bond motifs is 1. The van der Waals surface area contributed by atoms with Crippen molar-refractivity contribution in [1.29, 1.82) is 0 Å². The molecule has 0 aliphatic heterocycles. The zero-order valence-corrected chi connectivity index (χ0v) is 20.5. The summed E-state index contributed by atoms with van der Waals surface area (Å²) in [6.07, 6.45) is 2.24. The molecule has 0 saturated heterocycles. The van der Waals surface area contributed by atoms with Crippen LogP contribution in [0, 0.1) is 11.8 Å². The van der Waals surface area contributed by atoms with Gasteiger partial charge in [0.15, 0.2) is 5.78 Å². The summed E-state index contributed by atoms with van der Waals surface area (Å²) in [6, 6.07) is 21.0. The van der Waals surface area contributed by atoms with E-state index in [4.69, 9.17) is 9.47 Å². The summed E-state index contributed by atoms with van der Waals surface area (Å²) in [5.41, 5.74) is 1.63. The number of hydrogen-bond donors (Lipinski definition) is 2. The summed E-state index contributed by atoms with van der Waals surface area (Å²) in [7, 11) is 1.64. The van der Waals surface area contributed by atoms with E-state index < -0.39 is 6.09 Å². The molecule has 1 aliphatic rings. The lowest BCUT2D eigenvalue weighted by molar-refractivity contribution is -0.126. The molecule has 2 N–H and O–H groups in total. The Bertz CT molecular complexity index is 1200. The highest BCUT2D eigenvalue weighted by Gasteiger charge is 2.30. The van der Waals surface area contributed by atoms with Gasteiger partial charge in [0.2, 0.25) is 5.91 Å². The second-order valence-electron chi connectivity index (χ2n) is 9.12. The van der Waals surface area contributed by atoms with Crippen molar-refractivity contribution >= 4 is 28.6 Å². The first-order chi connectivity index (χ1) is 17.5. The molecular formula is C29H32N2O5. The number of nitrogens with one attached hydrogen (secondary N) is 2. The van der Waals surface area contributed by atoms with Gasteiger partial charge in [-0.25, -0.2) is 4.79 Å². The van der Waals surface area contributed by atoms with Gasteiger partial charge in [-0.2, -0.15) is 0 Å². The molecule has 1 saturated carbocycles. The van der Waals surface area contributed by atoms with Crippen LogP contribution in [-0.4, -0.2) is 38.0 Å². The van der Waals surface area contributed by atoms with Crippen molar-refractivity contribution in [2.75, 3.05) is 20.2 Å². The average molecular weight is 489 g/mol. The lowest BCUT2D eigenvalue weighted by Crippen LogP contribution is -2.39. The Morgan fingerprint density at radius 2 is 1.47 bits per heavy atom. The number of ketones is 1. The standard InChI is InChI=1S/C29H32N2O5/c1-35-26-14-13-23-17-25(12-11-24(23)18-26)27(32)21-7-9-22(10-8-21)28(33)30-15-16-31-29(34)36-19-20-5-3-2-4-6-20/h2-6,11-14,17-18,21-22H,7-10,15-16,19H2,1H3,(H,30,33)(H,31,34). The fourth-order valence-corrected chi connectivity index (χ4v) is 4.63. The van der Waals surface area contributed by atoms with Crippen molar-refractivity contribution in [2.45, 2.75) is 32.3 Å². The molecule has 188 valence electrons. The zero-order chi connectivity index (χ0) is 25.3. The molecule has 0 unspecified atom stereocenters. The van der Waals surface area contributed by atoms with Gasteiger partial charge in [0.25, 0.3) is 0 Å². The molecule has 0 spiro atoms. The van der Waals surface area contributed by atoms with Gasteiger partial charge in [-0.1, -0.05) is 48.5 Å². The molecule has 1 fully saturated rings. The first kappa shape index (κ1) is 25.2. The van der Waals surface area contributed by atoms with Crippen LogP contribution in [0.3, 0.4) is 0 Å². The van der Waals surface area contributed by atoms with E-state index in [9.17, 15) is 14.4 Å². The number of hydrogen-bond acceptors (Lipinski definition) is 5. The molecule has 4 rings (SSSR count). The normalized spacial score (nSPS) is 17.2. The summed E-state index contributed by atoms with van der Waals surface area (Å²) >= 11 is 0. The number of carbonyl (C=O) groups excluding carboxylic acids is 3. The summed E-state index contributed by atoms with van der Waals surface area (Å²) < 4.78 is 10.4. The predicted octanol–water partition coefficient (Wildman–Crippen LogP) is 4.88. The lowest BCUT2D eigenvalue weighted by Gasteiger charge is -2.27. The number of carbonyl (C=O) groups is 3. The Morgan fingerprint density at radius 3 is 2.22 bits per heavy atom. The molecule has 0 heterocycles. The number of rotatable bonds is 9. The van der Waals surface area contributed by atoms with E-state index in [2.05, 4.69) is 10.6 Å². The lowest BCUT2D eigenvalue weighted by atomic mass is 9.78. The second-order valence-corrected chi connectivity index (χ2v) is 9.12. The maximum atomic E-state index is 13.1. The number of methoxy groups -OCH3 is 1. The third kappa shape index (κ3) is 6.62. The van der Waals surface area contributed by atoms with Crippen LogP contribution in [0.25, 0.3) is 10.8 Å². The van der Waals surface area contributed by atoms with Gasteiger partial charge in [-0.3, -0.25) is 9.59 Å². The molecule has 7 heteroatoms. The van der Waals surface area contributed by atoms with E-state index in [-0.39, 0.29) is 30.1 Å². The Kier molecular flexibility index (Phi) is 8.55. The summed E-state index contributed by atoms with van der Waals surface area (Å²) in [6.45, 7) is 0.829.